The summed E-state index contributed by atoms with van der Waals surface area (Å²) in [6.45, 7) is 0. The minimum atomic E-state index is 0.233. The van der Waals surface area contributed by atoms with Gasteiger partial charge in [-0.05, 0) is 127 Å². The van der Waals surface area contributed by atoms with Crippen molar-refractivity contribution in [3.63, 3.8) is 0 Å². The lowest BCUT2D eigenvalue weighted by molar-refractivity contribution is 0.449. The molecule has 1 aromatic heterocycles. The molecular weight excluding hydrogens is 699 g/mol. The second-order valence-electron chi connectivity index (χ2n) is 15.9. The number of aryl methyl sites for hydroxylation is 2. The van der Waals surface area contributed by atoms with Crippen LogP contribution in [0, 0.1) is 5.92 Å². The van der Waals surface area contributed by atoms with Crippen LogP contribution in [0.4, 0.5) is 17.1 Å². The number of para-hydroxylation sites is 5. The number of nitrogens with zero attached hydrogens (tertiary/aromatic N) is 3. The molecule has 12 rings (SSSR count). The second-order valence-corrected chi connectivity index (χ2v) is 15.9. The van der Waals surface area contributed by atoms with Gasteiger partial charge in [-0.3, -0.25) is 9.47 Å². The van der Waals surface area contributed by atoms with Crippen LogP contribution in [0.25, 0.3) is 33.2 Å². The second kappa shape index (κ2) is 13.0. The lowest BCUT2D eigenvalue weighted by Crippen LogP contribution is -2.22. The molecule has 0 spiro atoms. The molecule has 0 saturated heterocycles. The average Bonchev–Trinajstić information content (AvgIpc) is 3.62. The summed E-state index contributed by atoms with van der Waals surface area (Å²) in [5.41, 5.74) is 14.6. The molecule has 4 heterocycles. The fraction of sp³-hybridized carbons (Fsp3) is 0.173. The molecule has 5 nitrogen and oxygen atoms in total. The smallest absolute Gasteiger partial charge is 0.180 e. The van der Waals surface area contributed by atoms with E-state index in [1.165, 1.54) is 39.1 Å². The summed E-state index contributed by atoms with van der Waals surface area (Å²) in [4.78, 5) is 8.29. The predicted octanol–water partition coefficient (Wildman–Crippen LogP) is 13.9. The Kier molecular flexibility index (Phi) is 7.44. The lowest BCUT2D eigenvalue weighted by Gasteiger charge is -2.38. The average molecular weight is 740 g/mol. The van der Waals surface area contributed by atoms with Crippen molar-refractivity contribution in [1.29, 1.82) is 0 Å². The molecule has 7 aromatic rings. The van der Waals surface area contributed by atoms with Gasteiger partial charge >= 0.3 is 0 Å². The first-order chi connectivity index (χ1) is 28.3. The van der Waals surface area contributed by atoms with Crippen LogP contribution in [-0.4, -0.2) is 10.3 Å². The number of rotatable bonds is 2. The molecule has 6 aromatic carbocycles. The number of benzene rings is 6. The summed E-state index contributed by atoms with van der Waals surface area (Å²) >= 11 is 0. The standard InChI is InChI=1S/C52H41N3O2/c1-5-19-37-34(17-1)29-30-36(31-35-18-3-6-20-38(35)37)49-39-21-7-2-15-33(39)16-4-14-28-48(53-49)55-42-23-9-8-22-40(42)41-32-47-51-52(50(41)55)57-46-27-13-11-25-44(46)54(51)43-24-10-12-26-45(43)56-47/h1-2,5,7-13,15,17-28,32,36H,3-4,6,14,16,29-31H2/b48-28+,53-49-. The first-order valence-electron chi connectivity index (χ1n) is 20.6. The molecule has 276 valence electrons. The van der Waals surface area contributed by atoms with Gasteiger partial charge in [0.05, 0.1) is 22.6 Å². The Hall–Kier alpha value is -6.59. The van der Waals surface area contributed by atoms with Crippen LogP contribution >= 0.6 is 0 Å². The number of ether oxygens (including phenoxy) is 2. The van der Waals surface area contributed by atoms with E-state index >= 15 is 0 Å². The maximum Gasteiger partial charge on any atom is 0.180 e. The molecule has 5 aliphatic rings. The minimum absolute atomic E-state index is 0.233. The van der Waals surface area contributed by atoms with E-state index in [2.05, 4.69) is 149 Å². The third-order valence-corrected chi connectivity index (χ3v) is 12.6. The first kappa shape index (κ1) is 32.6. The molecule has 5 heteroatoms. The van der Waals surface area contributed by atoms with Gasteiger partial charge in [-0.25, -0.2) is 4.99 Å². The van der Waals surface area contributed by atoms with E-state index < -0.39 is 0 Å². The molecule has 0 bridgehead atoms. The highest BCUT2D eigenvalue weighted by Crippen LogP contribution is 2.62. The van der Waals surface area contributed by atoms with E-state index in [0.717, 1.165) is 119 Å². The molecule has 0 radical (unpaired) electrons. The summed E-state index contributed by atoms with van der Waals surface area (Å²) in [7, 11) is 0. The van der Waals surface area contributed by atoms with Gasteiger partial charge in [0.25, 0.3) is 0 Å². The Morgan fingerprint density at radius 3 is 2.16 bits per heavy atom. The zero-order valence-electron chi connectivity index (χ0n) is 31.7. The van der Waals surface area contributed by atoms with Crippen LogP contribution in [0.5, 0.6) is 23.0 Å². The van der Waals surface area contributed by atoms with Crippen LogP contribution in [-0.2, 0) is 12.8 Å². The summed E-state index contributed by atoms with van der Waals surface area (Å²) in [6.07, 6.45) is 15.5. The molecule has 0 saturated carbocycles. The molecule has 3 aliphatic heterocycles. The molecule has 57 heavy (non-hydrogen) atoms. The van der Waals surface area contributed by atoms with Crippen LogP contribution in [0.2, 0.25) is 0 Å². The van der Waals surface area contributed by atoms with Gasteiger partial charge < -0.3 is 9.47 Å². The number of fused-ring (bicyclic) bond motifs is 12. The third kappa shape index (κ3) is 5.11. The first-order valence-corrected chi connectivity index (χ1v) is 20.6. The largest absolute Gasteiger partial charge is 0.453 e. The number of allylic oxidation sites excluding steroid dienone is 5. The van der Waals surface area contributed by atoms with E-state index in [0.29, 0.717) is 0 Å². The Morgan fingerprint density at radius 2 is 1.30 bits per heavy atom. The topological polar surface area (TPSA) is 39.0 Å². The molecule has 1 unspecified atom stereocenters. The van der Waals surface area contributed by atoms with Crippen molar-refractivity contribution in [2.45, 2.75) is 51.4 Å². The highest BCUT2D eigenvalue weighted by molar-refractivity contribution is 6.17. The fourth-order valence-corrected chi connectivity index (χ4v) is 10.1. The number of hydrogen-bond acceptors (Lipinski definition) is 4. The van der Waals surface area contributed by atoms with Crippen molar-refractivity contribution in [3.05, 3.63) is 173 Å². The highest BCUT2D eigenvalue weighted by atomic mass is 16.5. The molecule has 0 amide bonds. The Balaban J connectivity index is 1.11. The van der Waals surface area contributed by atoms with Crippen LogP contribution in [0.15, 0.2) is 156 Å². The summed E-state index contributed by atoms with van der Waals surface area (Å²) in [6, 6.07) is 45.7. The SMILES string of the molecule is C1=C2CC(/C3=N/C(n4c5ccccc5c5cc6c7c(c54)Oc4ccccc4N7c4ccccc4O6)=C\CCCc4ccccc43)CCc3ccccc3C2=CCC1. The van der Waals surface area contributed by atoms with Gasteiger partial charge in [-0.15, -0.1) is 0 Å². The molecule has 1 atom stereocenters. The monoisotopic (exact) mass is 739 g/mol. The van der Waals surface area contributed by atoms with Crippen LogP contribution < -0.4 is 14.4 Å². The van der Waals surface area contributed by atoms with E-state index in [1.807, 2.05) is 6.07 Å². The van der Waals surface area contributed by atoms with Crippen LogP contribution in [0.3, 0.4) is 0 Å². The summed E-state index contributed by atoms with van der Waals surface area (Å²) in [5.74, 6) is 4.40. The zero-order chi connectivity index (χ0) is 37.5. The van der Waals surface area contributed by atoms with E-state index in [9.17, 15) is 0 Å². The van der Waals surface area contributed by atoms with Gasteiger partial charge in [0, 0.05) is 16.7 Å². The van der Waals surface area contributed by atoms with E-state index in [1.54, 1.807) is 0 Å². The summed E-state index contributed by atoms with van der Waals surface area (Å²) < 4.78 is 16.2. The van der Waals surface area contributed by atoms with Crippen molar-refractivity contribution >= 4 is 56.0 Å². The number of aliphatic imine (C=N–C) groups is 1. The van der Waals surface area contributed by atoms with Gasteiger partial charge in [-0.2, -0.15) is 0 Å². The van der Waals surface area contributed by atoms with Gasteiger partial charge in [0.2, 0.25) is 0 Å². The number of anilines is 3. The maximum atomic E-state index is 7.08. The van der Waals surface area contributed by atoms with Gasteiger partial charge in [0.15, 0.2) is 23.0 Å². The van der Waals surface area contributed by atoms with Crippen molar-refractivity contribution in [3.8, 4) is 23.0 Å². The van der Waals surface area contributed by atoms with Crippen molar-refractivity contribution < 1.29 is 9.47 Å². The fourth-order valence-electron chi connectivity index (χ4n) is 10.1. The Morgan fingerprint density at radius 1 is 0.596 bits per heavy atom. The summed E-state index contributed by atoms with van der Waals surface area (Å²) in [5, 5.41) is 2.23. The number of hydrogen-bond donors (Lipinski definition) is 0. The molecular formula is C52H41N3O2. The van der Waals surface area contributed by atoms with Crippen molar-refractivity contribution in [2.24, 2.45) is 10.9 Å². The third-order valence-electron chi connectivity index (χ3n) is 12.6. The highest BCUT2D eigenvalue weighted by Gasteiger charge is 2.38. The Bertz CT molecular complexity index is 2930. The normalized spacial score (nSPS) is 19.9. The predicted molar refractivity (Wildman–Crippen MR) is 233 cm³/mol. The van der Waals surface area contributed by atoms with Crippen molar-refractivity contribution in [2.75, 3.05) is 4.90 Å². The molecule has 0 fully saturated rings. The molecule has 2 aliphatic carbocycles. The van der Waals surface area contributed by atoms with Gasteiger partial charge in [-0.1, -0.05) is 103 Å². The minimum Gasteiger partial charge on any atom is -0.453 e. The number of aromatic nitrogens is 1. The van der Waals surface area contributed by atoms with Crippen LogP contribution in [0.1, 0.15) is 60.8 Å². The maximum absolute atomic E-state index is 7.08. The van der Waals surface area contributed by atoms with Gasteiger partial charge in [0.1, 0.15) is 17.0 Å². The van der Waals surface area contributed by atoms with E-state index in [-0.39, 0.29) is 5.92 Å². The van der Waals surface area contributed by atoms with Crippen molar-refractivity contribution in [1.82, 2.24) is 4.57 Å². The zero-order valence-corrected chi connectivity index (χ0v) is 31.7. The quantitative estimate of drug-likeness (QED) is 0.177. The van der Waals surface area contributed by atoms with E-state index in [4.69, 9.17) is 14.5 Å². The molecule has 0 N–H and O–H groups in total. The Labute approximate surface area is 332 Å². The lowest BCUT2D eigenvalue weighted by atomic mass is 9.76.